The van der Waals surface area contributed by atoms with E-state index in [0.29, 0.717) is 12.0 Å². The highest BCUT2D eigenvalue weighted by molar-refractivity contribution is 5.85. The minimum absolute atomic E-state index is 0. The molecule has 1 aliphatic rings. The lowest BCUT2D eigenvalue weighted by Gasteiger charge is -2.30. The van der Waals surface area contributed by atoms with E-state index >= 15 is 0 Å². The molecule has 0 spiro atoms. The molecule has 0 aromatic carbocycles. The molecule has 2 N–H and O–H groups in total. The van der Waals surface area contributed by atoms with Crippen molar-refractivity contribution in [3.05, 3.63) is 0 Å². The molecule has 0 aromatic rings. The molecule has 1 aliphatic heterocycles. The minimum Gasteiger partial charge on any atom is -0.373 e. The summed E-state index contributed by atoms with van der Waals surface area (Å²) in [5, 5.41) is 0. The first-order chi connectivity index (χ1) is 11.0. The first-order valence-electron chi connectivity index (χ1n) is 10.4. The van der Waals surface area contributed by atoms with Gasteiger partial charge in [-0.15, -0.1) is 12.4 Å². The van der Waals surface area contributed by atoms with E-state index in [2.05, 4.69) is 20.8 Å². The Morgan fingerprint density at radius 1 is 0.875 bits per heavy atom. The standard InChI is InChI=1S/C21H43NO.ClH/c1-4-5-6-7-8-9-10-11-12-13-14-15-16-19(21(2,3)22)17-20-18-23-20;/h19-20H,4-18,22H2,1-3H3;1H. The second kappa shape index (κ2) is 14.4. The van der Waals surface area contributed by atoms with Crippen LogP contribution in [0.5, 0.6) is 0 Å². The van der Waals surface area contributed by atoms with Crippen molar-refractivity contribution in [2.75, 3.05) is 6.61 Å². The normalized spacial score (nSPS) is 18.2. The Morgan fingerprint density at radius 3 is 1.67 bits per heavy atom. The molecule has 2 nitrogen and oxygen atoms in total. The third kappa shape index (κ3) is 13.5. The Hall–Kier alpha value is 0.210. The summed E-state index contributed by atoms with van der Waals surface area (Å²) < 4.78 is 5.39. The summed E-state index contributed by atoms with van der Waals surface area (Å²) in [6.07, 6.45) is 20.0. The van der Waals surface area contributed by atoms with Gasteiger partial charge < -0.3 is 10.5 Å². The van der Waals surface area contributed by atoms with E-state index in [4.69, 9.17) is 10.5 Å². The zero-order valence-electron chi connectivity index (χ0n) is 16.7. The molecule has 2 atom stereocenters. The van der Waals surface area contributed by atoms with E-state index in [0.717, 1.165) is 6.61 Å². The summed E-state index contributed by atoms with van der Waals surface area (Å²) in [4.78, 5) is 0. The van der Waals surface area contributed by atoms with Crippen molar-refractivity contribution in [2.45, 2.75) is 122 Å². The van der Waals surface area contributed by atoms with Gasteiger partial charge in [-0.1, -0.05) is 84.0 Å². The predicted molar refractivity (Wildman–Crippen MR) is 109 cm³/mol. The van der Waals surface area contributed by atoms with Gasteiger partial charge in [0.25, 0.3) is 0 Å². The molecule has 0 saturated carbocycles. The van der Waals surface area contributed by atoms with E-state index < -0.39 is 0 Å². The highest BCUT2D eigenvalue weighted by atomic mass is 35.5. The molecule has 1 rings (SSSR count). The quantitative estimate of drug-likeness (QED) is 0.247. The third-order valence-corrected chi connectivity index (χ3v) is 5.41. The maximum Gasteiger partial charge on any atom is 0.0813 e. The Kier molecular flexibility index (Phi) is 14.5. The van der Waals surface area contributed by atoms with Crippen LogP contribution in [0.25, 0.3) is 0 Å². The molecule has 2 unspecified atom stereocenters. The number of halogens is 1. The van der Waals surface area contributed by atoms with Gasteiger partial charge in [-0.2, -0.15) is 0 Å². The second-order valence-corrected chi connectivity index (χ2v) is 8.39. The van der Waals surface area contributed by atoms with E-state index in [9.17, 15) is 0 Å². The summed E-state index contributed by atoms with van der Waals surface area (Å²) in [5.41, 5.74) is 6.29. The second-order valence-electron chi connectivity index (χ2n) is 8.39. The topological polar surface area (TPSA) is 38.5 Å². The smallest absolute Gasteiger partial charge is 0.0813 e. The maximum absolute atomic E-state index is 6.34. The molecule has 1 fully saturated rings. The molecule has 146 valence electrons. The van der Waals surface area contributed by atoms with Gasteiger partial charge in [-0.05, 0) is 32.6 Å². The summed E-state index contributed by atoms with van der Waals surface area (Å²) >= 11 is 0. The Labute approximate surface area is 158 Å². The summed E-state index contributed by atoms with van der Waals surface area (Å²) in [6, 6.07) is 0. The molecule has 1 heterocycles. The Balaban J connectivity index is 0.00000529. The van der Waals surface area contributed by atoms with E-state index in [1.807, 2.05) is 0 Å². The summed E-state index contributed by atoms with van der Waals surface area (Å²) in [5.74, 6) is 0.623. The van der Waals surface area contributed by atoms with Crippen molar-refractivity contribution < 1.29 is 4.74 Å². The average Bonchev–Trinajstić information content (AvgIpc) is 3.30. The number of ether oxygens (including phenoxy) is 1. The number of nitrogens with two attached hydrogens (primary N) is 1. The first-order valence-corrected chi connectivity index (χ1v) is 10.4. The van der Waals surface area contributed by atoms with E-state index in [1.54, 1.807) is 0 Å². The van der Waals surface area contributed by atoms with Gasteiger partial charge in [0.1, 0.15) is 0 Å². The van der Waals surface area contributed by atoms with E-state index in [1.165, 1.54) is 89.9 Å². The average molecular weight is 362 g/mol. The lowest BCUT2D eigenvalue weighted by Crippen LogP contribution is -2.41. The predicted octanol–water partition coefficient (Wildman–Crippen LogP) is 6.64. The van der Waals surface area contributed by atoms with Gasteiger partial charge in [0, 0.05) is 5.54 Å². The minimum atomic E-state index is -0.0519. The van der Waals surface area contributed by atoms with Gasteiger partial charge in [0.15, 0.2) is 0 Å². The molecule has 0 bridgehead atoms. The molecule has 24 heavy (non-hydrogen) atoms. The number of epoxide rings is 1. The van der Waals surface area contributed by atoms with Crippen LogP contribution in [0, 0.1) is 5.92 Å². The number of hydrogen-bond acceptors (Lipinski definition) is 2. The van der Waals surface area contributed by atoms with Crippen LogP contribution in [-0.2, 0) is 4.74 Å². The summed E-state index contributed by atoms with van der Waals surface area (Å²) in [7, 11) is 0. The van der Waals surface area contributed by atoms with Gasteiger partial charge in [0.05, 0.1) is 12.7 Å². The summed E-state index contributed by atoms with van der Waals surface area (Å²) in [6.45, 7) is 7.61. The van der Waals surface area contributed by atoms with Crippen molar-refractivity contribution in [3.63, 3.8) is 0 Å². The SMILES string of the molecule is CCCCCCCCCCCCCCC(CC1CO1)C(C)(C)N.Cl. The maximum atomic E-state index is 6.34. The van der Waals surface area contributed by atoms with Crippen LogP contribution < -0.4 is 5.73 Å². The number of unbranched alkanes of at least 4 members (excludes halogenated alkanes) is 11. The van der Waals surface area contributed by atoms with Crippen LogP contribution in [0.3, 0.4) is 0 Å². The van der Waals surface area contributed by atoms with E-state index in [-0.39, 0.29) is 17.9 Å². The molecule has 0 radical (unpaired) electrons. The van der Waals surface area contributed by atoms with Gasteiger partial charge >= 0.3 is 0 Å². The molecule has 0 amide bonds. The third-order valence-electron chi connectivity index (χ3n) is 5.41. The highest BCUT2D eigenvalue weighted by Crippen LogP contribution is 2.30. The van der Waals surface area contributed by atoms with Crippen LogP contribution in [0.15, 0.2) is 0 Å². The molecular weight excluding hydrogens is 318 g/mol. The molecular formula is C21H44ClNO. The van der Waals surface area contributed by atoms with Crippen LogP contribution in [0.2, 0.25) is 0 Å². The molecule has 0 aliphatic carbocycles. The van der Waals surface area contributed by atoms with Crippen molar-refractivity contribution in [2.24, 2.45) is 11.7 Å². The largest absolute Gasteiger partial charge is 0.373 e. The number of hydrogen-bond donors (Lipinski definition) is 1. The van der Waals surface area contributed by atoms with Gasteiger partial charge in [0.2, 0.25) is 0 Å². The fourth-order valence-electron chi connectivity index (χ4n) is 3.55. The molecule has 1 saturated heterocycles. The van der Waals surface area contributed by atoms with Gasteiger partial charge in [-0.25, -0.2) is 0 Å². The van der Waals surface area contributed by atoms with Crippen LogP contribution in [0.1, 0.15) is 111 Å². The van der Waals surface area contributed by atoms with Crippen molar-refractivity contribution >= 4 is 12.4 Å². The first kappa shape index (κ1) is 24.2. The van der Waals surface area contributed by atoms with Crippen LogP contribution in [-0.4, -0.2) is 18.2 Å². The fourth-order valence-corrected chi connectivity index (χ4v) is 3.55. The number of rotatable bonds is 16. The lowest BCUT2D eigenvalue weighted by atomic mass is 9.81. The Bertz CT molecular complexity index is 274. The Morgan fingerprint density at radius 2 is 1.29 bits per heavy atom. The van der Waals surface area contributed by atoms with Gasteiger partial charge in [-0.3, -0.25) is 0 Å². The zero-order valence-corrected chi connectivity index (χ0v) is 17.5. The molecule has 3 heteroatoms. The van der Waals surface area contributed by atoms with Crippen molar-refractivity contribution in [1.82, 2.24) is 0 Å². The molecule has 0 aromatic heterocycles. The van der Waals surface area contributed by atoms with Crippen LogP contribution in [0.4, 0.5) is 0 Å². The highest BCUT2D eigenvalue weighted by Gasteiger charge is 2.32. The monoisotopic (exact) mass is 361 g/mol. The lowest BCUT2D eigenvalue weighted by molar-refractivity contribution is 0.245. The van der Waals surface area contributed by atoms with Crippen LogP contribution >= 0.6 is 12.4 Å². The zero-order chi connectivity index (χ0) is 17.0. The van der Waals surface area contributed by atoms with Crippen molar-refractivity contribution in [1.29, 1.82) is 0 Å². The van der Waals surface area contributed by atoms with Crippen molar-refractivity contribution in [3.8, 4) is 0 Å². The fraction of sp³-hybridized carbons (Fsp3) is 1.00.